The van der Waals surface area contributed by atoms with Crippen LogP contribution in [-0.4, -0.2) is 32.9 Å². The topological polar surface area (TPSA) is 70.7 Å². The highest BCUT2D eigenvalue weighted by molar-refractivity contribution is 7.99. The van der Waals surface area contributed by atoms with E-state index in [0.29, 0.717) is 16.8 Å². The van der Waals surface area contributed by atoms with Crippen LogP contribution in [0.3, 0.4) is 0 Å². The van der Waals surface area contributed by atoms with Gasteiger partial charge in [-0.15, -0.1) is 16.4 Å². The minimum Gasteiger partial charge on any atom is -0.353 e. The molecule has 2 rings (SSSR count). The highest BCUT2D eigenvalue weighted by Crippen LogP contribution is 2.16. The van der Waals surface area contributed by atoms with Gasteiger partial charge in [0.15, 0.2) is 0 Å². The number of carbonyl (C=O) groups excluding carboxylic acids is 1. The molecule has 2 N–H and O–H groups in total. The standard InChI is InChI=1S/C16H24N4OS2/c1-11(2)6-7-12(3)17-15(21)10-23-16-18-14(19-20-16)9-13-5-4-8-22-13/h4-5,8,11-12H,6-7,9-10H2,1-3H3,(H,17,21)(H,18,19,20). The van der Waals surface area contributed by atoms with Crippen molar-refractivity contribution in [3.63, 3.8) is 0 Å². The Labute approximate surface area is 145 Å². The van der Waals surface area contributed by atoms with Gasteiger partial charge in [0.2, 0.25) is 11.1 Å². The highest BCUT2D eigenvalue weighted by atomic mass is 32.2. The van der Waals surface area contributed by atoms with Crippen molar-refractivity contribution in [3.8, 4) is 0 Å². The van der Waals surface area contributed by atoms with Crippen molar-refractivity contribution >= 4 is 29.0 Å². The van der Waals surface area contributed by atoms with Crippen LogP contribution < -0.4 is 5.32 Å². The summed E-state index contributed by atoms with van der Waals surface area (Å²) in [5.41, 5.74) is 0. The Kier molecular flexibility index (Phi) is 7.11. The van der Waals surface area contributed by atoms with Gasteiger partial charge < -0.3 is 5.32 Å². The van der Waals surface area contributed by atoms with E-state index in [0.717, 1.165) is 25.1 Å². The Morgan fingerprint density at radius 2 is 2.22 bits per heavy atom. The van der Waals surface area contributed by atoms with Gasteiger partial charge in [-0.1, -0.05) is 31.7 Å². The van der Waals surface area contributed by atoms with Crippen LogP contribution in [0, 0.1) is 5.92 Å². The number of thiophene rings is 1. The van der Waals surface area contributed by atoms with Gasteiger partial charge in [0.1, 0.15) is 5.82 Å². The zero-order valence-corrected chi connectivity index (χ0v) is 15.5. The van der Waals surface area contributed by atoms with Gasteiger partial charge >= 0.3 is 0 Å². The van der Waals surface area contributed by atoms with Gasteiger partial charge in [-0.25, -0.2) is 4.98 Å². The lowest BCUT2D eigenvalue weighted by molar-refractivity contribution is -0.119. The zero-order chi connectivity index (χ0) is 16.7. The van der Waals surface area contributed by atoms with E-state index in [1.54, 1.807) is 11.3 Å². The predicted octanol–water partition coefficient (Wildman–Crippen LogP) is 3.49. The smallest absolute Gasteiger partial charge is 0.230 e. The van der Waals surface area contributed by atoms with E-state index < -0.39 is 0 Å². The lowest BCUT2D eigenvalue weighted by Gasteiger charge is -2.14. The molecule has 2 aromatic rings. The van der Waals surface area contributed by atoms with Crippen LogP contribution >= 0.6 is 23.1 Å². The van der Waals surface area contributed by atoms with E-state index in [1.807, 2.05) is 11.4 Å². The third-order valence-electron chi connectivity index (χ3n) is 3.35. The second-order valence-electron chi connectivity index (χ2n) is 6.05. The maximum Gasteiger partial charge on any atom is 0.230 e. The van der Waals surface area contributed by atoms with Crippen LogP contribution in [0.25, 0.3) is 0 Å². The van der Waals surface area contributed by atoms with Crippen molar-refractivity contribution in [3.05, 3.63) is 28.2 Å². The molecule has 0 spiro atoms. The normalized spacial score (nSPS) is 12.5. The summed E-state index contributed by atoms with van der Waals surface area (Å²) in [4.78, 5) is 17.6. The largest absolute Gasteiger partial charge is 0.353 e. The van der Waals surface area contributed by atoms with Crippen molar-refractivity contribution in [2.75, 3.05) is 5.75 Å². The predicted molar refractivity (Wildman–Crippen MR) is 95.9 cm³/mol. The molecule has 0 radical (unpaired) electrons. The van der Waals surface area contributed by atoms with Gasteiger partial charge in [0.25, 0.3) is 0 Å². The molecule has 1 atom stereocenters. The van der Waals surface area contributed by atoms with Crippen LogP contribution in [0.4, 0.5) is 0 Å². The number of aromatic nitrogens is 3. The number of rotatable bonds is 9. The first-order valence-corrected chi connectivity index (χ1v) is 9.75. The molecule has 0 aromatic carbocycles. The van der Waals surface area contributed by atoms with Gasteiger partial charge in [0, 0.05) is 17.3 Å². The number of H-pyrrole nitrogens is 1. The molecule has 0 aliphatic rings. The first kappa shape index (κ1) is 18.0. The van der Waals surface area contributed by atoms with Crippen LogP contribution in [0.5, 0.6) is 0 Å². The molecule has 7 heteroatoms. The van der Waals surface area contributed by atoms with Crippen molar-refractivity contribution in [2.24, 2.45) is 5.92 Å². The number of amides is 1. The zero-order valence-electron chi connectivity index (χ0n) is 13.8. The Morgan fingerprint density at radius 1 is 1.39 bits per heavy atom. The maximum atomic E-state index is 11.9. The molecule has 0 saturated carbocycles. The molecule has 5 nitrogen and oxygen atoms in total. The van der Waals surface area contributed by atoms with E-state index in [2.05, 4.69) is 47.3 Å². The summed E-state index contributed by atoms with van der Waals surface area (Å²) < 4.78 is 0. The van der Waals surface area contributed by atoms with Crippen molar-refractivity contribution in [2.45, 2.75) is 51.2 Å². The van der Waals surface area contributed by atoms with Gasteiger partial charge in [0.05, 0.1) is 5.75 Å². The highest BCUT2D eigenvalue weighted by Gasteiger charge is 2.11. The lowest BCUT2D eigenvalue weighted by atomic mass is 10.0. The van der Waals surface area contributed by atoms with Crippen LogP contribution in [0.2, 0.25) is 0 Å². The summed E-state index contributed by atoms with van der Waals surface area (Å²) in [7, 11) is 0. The molecule has 1 unspecified atom stereocenters. The molecule has 23 heavy (non-hydrogen) atoms. The Balaban J connectivity index is 1.71. The number of hydrogen-bond acceptors (Lipinski definition) is 5. The molecule has 0 bridgehead atoms. The van der Waals surface area contributed by atoms with E-state index in [1.165, 1.54) is 16.6 Å². The van der Waals surface area contributed by atoms with E-state index >= 15 is 0 Å². The number of aromatic amines is 1. The van der Waals surface area contributed by atoms with Crippen molar-refractivity contribution < 1.29 is 4.79 Å². The average Bonchev–Trinajstić information content (AvgIpc) is 3.15. The van der Waals surface area contributed by atoms with Crippen molar-refractivity contribution in [1.82, 2.24) is 20.5 Å². The first-order chi connectivity index (χ1) is 11.0. The summed E-state index contributed by atoms with van der Waals surface area (Å²) in [6.45, 7) is 6.44. The van der Waals surface area contributed by atoms with Crippen molar-refractivity contribution in [1.29, 1.82) is 0 Å². The molecule has 0 fully saturated rings. The summed E-state index contributed by atoms with van der Waals surface area (Å²) in [5, 5.41) is 12.8. The molecular weight excluding hydrogens is 328 g/mol. The second-order valence-corrected chi connectivity index (χ2v) is 8.02. The van der Waals surface area contributed by atoms with Gasteiger partial charge in [-0.2, -0.15) is 0 Å². The molecule has 0 saturated heterocycles. The molecule has 1 amide bonds. The second kappa shape index (κ2) is 9.08. The number of hydrogen-bond donors (Lipinski definition) is 2. The number of nitrogens with zero attached hydrogens (tertiary/aromatic N) is 2. The third kappa shape index (κ3) is 6.74. The van der Waals surface area contributed by atoms with E-state index in [9.17, 15) is 4.79 Å². The van der Waals surface area contributed by atoms with Gasteiger partial charge in [-0.3, -0.25) is 9.89 Å². The summed E-state index contributed by atoms with van der Waals surface area (Å²) >= 11 is 3.07. The average molecular weight is 353 g/mol. The minimum atomic E-state index is 0.0378. The number of thioether (sulfide) groups is 1. The summed E-state index contributed by atoms with van der Waals surface area (Å²) in [5.74, 6) is 1.89. The minimum absolute atomic E-state index is 0.0378. The van der Waals surface area contributed by atoms with E-state index in [-0.39, 0.29) is 11.9 Å². The van der Waals surface area contributed by atoms with Crippen LogP contribution in [0.15, 0.2) is 22.7 Å². The first-order valence-electron chi connectivity index (χ1n) is 7.88. The molecule has 126 valence electrons. The number of carbonyl (C=O) groups is 1. The Bertz CT molecular complexity index is 595. The molecule has 2 heterocycles. The van der Waals surface area contributed by atoms with Gasteiger partial charge in [-0.05, 0) is 37.1 Å². The summed E-state index contributed by atoms with van der Waals surface area (Å²) in [6.07, 6.45) is 2.89. The van der Waals surface area contributed by atoms with Crippen LogP contribution in [-0.2, 0) is 11.2 Å². The molecule has 2 aromatic heterocycles. The fourth-order valence-electron chi connectivity index (χ4n) is 2.10. The molecule has 0 aliphatic carbocycles. The number of nitrogens with one attached hydrogen (secondary N) is 2. The Morgan fingerprint density at radius 3 is 2.91 bits per heavy atom. The SMILES string of the molecule is CC(C)CCC(C)NC(=O)CSc1n[nH]c(Cc2cccs2)n1. The Hall–Kier alpha value is -1.34. The summed E-state index contributed by atoms with van der Waals surface area (Å²) in [6, 6.07) is 4.31. The van der Waals surface area contributed by atoms with Crippen LogP contribution in [0.1, 0.15) is 44.3 Å². The lowest BCUT2D eigenvalue weighted by Crippen LogP contribution is -2.34. The van der Waals surface area contributed by atoms with E-state index in [4.69, 9.17) is 0 Å². The maximum absolute atomic E-state index is 11.9. The third-order valence-corrected chi connectivity index (χ3v) is 5.07. The molecular formula is C16H24N4OS2. The molecule has 0 aliphatic heterocycles. The fraction of sp³-hybridized carbons (Fsp3) is 0.562. The fourth-order valence-corrected chi connectivity index (χ4v) is 3.44. The monoisotopic (exact) mass is 352 g/mol. The quantitative estimate of drug-likeness (QED) is 0.678.